The first-order chi connectivity index (χ1) is 14.2. The normalized spacial score (nSPS) is 14.0. The van der Waals surface area contributed by atoms with Crippen LogP contribution >= 0.6 is 0 Å². The lowest BCUT2D eigenvalue weighted by Gasteiger charge is -2.17. The van der Waals surface area contributed by atoms with E-state index in [0.29, 0.717) is 5.58 Å². The van der Waals surface area contributed by atoms with Crippen molar-refractivity contribution in [1.29, 1.82) is 0 Å². The molecule has 0 unspecified atom stereocenters. The monoisotopic (exact) mass is 380 g/mol. The minimum absolute atomic E-state index is 0.184. The molecule has 3 heteroatoms. The SMILES string of the molecule is Cc1c2occ(-c3ccc4ccccc4c3)c2cc2c3c(c(=O)oc12)CCCC3. The summed E-state index contributed by atoms with van der Waals surface area (Å²) >= 11 is 0. The first kappa shape index (κ1) is 16.6. The second-order valence-electron chi connectivity index (χ2n) is 8.02. The lowest BCUT2D eigenvalue weighted by molar-refractivity contribution is 0.530. The van der Waals surface area contributed by atoms with Crippen molar-refractivity contribution in [3.63, 3.8) is 0 Å². The zero-order valence-electron chi connectivity index (χ0n) is 16.2. The van der Waals surface area contributed by atoms with Gasteiger partial charge in [0.15, 0.2) is 0 Å². The largest absolute Gasteiger partial charge is 0.463 e. The van der Waals surface area contributed by atoms with Crippen LogP contribution in [-0.2, 0) is 12.8 Å². The van der Waals surface area contributed by atoms with Gasteiger partial charge in [-0.25, -0.2) is 4.79 Å². The van der Waals surface area contributed by atoms with Gasteiger partial charge in [0.1, 0.15) is 11.2 Å². The highest BCUT2D eigenvalue weighted by Crippen LogP contribution is 2.39. The summed E-state index contributed by atoms with van der Waals surface area (Å²) in [5, 5.41) is 4.57. The van der Waals surface area contributed by atoms with Crippen molar-refractivity contribution in [1.82, 2.24) is 0 Å². The smallest absolute Gasteiger partial charge is 0.339 e. The van der Waals surface area contributed by atoms with Gasteiger partial charge < -0.3 is 8.83 Å². The van der Waals surface area contributed by atoms with Gasteiger partial charge in [0.05, 0.1) is 6.26 Å². The Balaban J connectivity index is 1.67. The first-order valence-corrected chi connectivity index (χ1v) is 10.2. The van der Waals surface area contributed by atoms with Crippen LogP contribution < -0.4 is 5.63 Å². The number of rotatable bonds is 1. The molecule has 2 heterocycles. The fraction of sp³-hybridized carbons (Fsp3) is 0.192. The Kier molecular flexibility index (Phi) is 3.48. The van der Waals surface area contributed by atoms with Gasteiger partial charge in [0.2, 0.25) is 0 Å². The van der Waals surface area contributed by atoms with Crippen molar-refractivity contribution in [2.24, 2.45) is 0 Å². The number of hydrogen-bond donors (Lipinski definition) is 0. The van der Waals surface area contributed by atoms with Gasteiger partial charge in [-0.2, -0.15) is 0 Å². The second kappa shape index (κ2) is 6.08. The van der Waals surface area contributed by atoms with Crippen molar-refractivity contribution in [3.05, 3.63) is 81.9 Å². The molecule has 0 amide bonds. The average molecular weight is 380 g/mol. The van der Waals surface area contributed by atoms with E-state index < -0.39 is 0 Å². The van der Waals surface area contributed by atoms with Crippen LogP contribution in [0.4, 0.5) is 0 Å². The lowest BCUT2D eigenvalue weighted by Crippen LogP contribution is -2.16. The number of furan rings is 1. The van der Waals surface area contributed by atoms with Crippen molar-refractivity contribution < 1.29 is 8.83 Å². The molecule has 3 nitrogen and oxygen atoms in total. The third-order valence-electron chi connectivity index (χ3n) is 6.34. The van der Waals surface area contributed by atoms with Crippen LogP contribution in [0.3, 0.4) is 0 Å². The Morgan fingerprint density at radius 1 is 0.828 bits per heavy atom. The lowest BCUT2D eigenvalue weighted by atomic mass is 9.89. The Bertz CT molecular complexity index is 1480. The van der Waals surface area contributed by atoms with E-state index in [-0.39, 0.29) is 5.63 Å². The van der Waals surface area contributed by atoms with Gasteiger partial charge in [0.25, 0.3) is 0 Å². The molecule has 0 saturated carbocycles. The first-order valence-electron chi connectivity index (χ1n) is 10.2. The molecule has 0 bridgehead atoms. The number of hydrogen-bond acceptors (Lipinski definition) is 3. The molecule has 2 aromatic heterocycles. The summed E-state index contributed by atoms with van der Waals surface area (Å²) in [5.41, 5.74) is 6.41. The quantitative estimate of drug-likeness (QED) is 0.310. The maximum atomic E-state index is 12.5. The molecule has 0 N–H and O–H groups in total. The van der Waals surface area contributed by atoms with Crippen LogP contribution in [0.25, 0.3) is 43.8 Å². The molecular weight excluding hydrogens is 360 g/mol. The fourth-order valence-corrected chi connectivity index (χ4v) is 4.83. The van der Waals surface area contributed by atoms with Gasteiger partial charge >= 0.3 is 5.63 Å². The fourth-order valence-electron chi connectivity index (χ4n) is 4.83. The number of fused-ring (bicyclic) bond motifs is 5. The number of aryl methyl sites for hydroxylation is 2. The Morgan fingerprint density at radius 3 is 2.48 bits per heavy atom. The maximum Gasteiger partial charge on any atom is 0.339 e. The van der Waals surface area contributed by atoms with Crippen molar-refractivity contribution in [3.8, 4) is 11.1 Å². The second-order valence-corrected chi connectivity index (χ2v) is 8.02. The van der Waals surface area contributed by atoms with E-state index in [1.54, 1.807) is 0 Å². The molecule has 0 spiro atoms. The molecule has 5 aromatic rings. The Hall–Kier alpha value is -3.33. The predicted molar refractivity (Wildman–Crippen MR) is 117 cm³/mol. The van der Waals surface area contributed by atoms with Crippen molar-refractivity contribution in [2.75, 3.05) is 0 Å². The molecule has 1 aliphatic carbocycles. The zero-order valence-corrected chi connectivity index (χ0v) is 16.2. The van der Waals surface area contributed by atoms with Gasteiger partial charge in [-0.05, 0) is 66.6 Å². The van der Waals surface area contributed by atoms with E-state index in [2.05, 4.69) is 48.5 Å². The number of benzene rings is 3. The highest BCUT2D eigenvalue weighted by atomic mass is 16.4. The molecular formula is C26H20O3. The standard InChI is InChI=1S/C26H20O3/c1-15-24-22(13-21-19-8-4-5-9-20(19)26(27)29-25(15)21)23(14-28-24)18-11-10-16-6-2-3-7-17(16)12-18/h2-3,6-7,10-14H,4-5,8-9H2,1H3. The molecule has 0 atom stereocenters. The van der Waals surface area contributed by atoms with Crippen LogP contribution in [0, 0.1) is 6.92 Å². The Labute approximate surface area is 167 Å². The van der Waals surface area contributed by atoms with E-state index in [4.69, 9.17) is 8.83 Å². The molecule has 142 valence electrons. The summed E-state index contributed by atoms with van der Waals surface area (Å²) in [7, 11) is 0. The van der Waals surface area contributed by atoms with E-state index in [1.807, 2.05) is 13.2 Å². The van der Waals surface area contributed by atoms with Gasteiger partial charge in [-0.15, -0.1) is 0 Å². The predicted octanol–water partition coefficient (Wildman–Crippen LogP) is 6.55. The van der Waals surface area contributed by atoms with Crippen LogP contribution in [0.15, 0.2) is 68.4 Å². The molecule has 0 fully saturated rings. The highest BCUT2D eigenvalue weighted by molar-refractivity contribution is 6.05. The van der Waals surface area contributed by atoms with E-state index >= 15 is 0 Å². The minimum Gasteiger partial charge on any atom is -0.463 e. The summed E-state index contributed by atoms with van der Waals surface area (Å²) in [6.45, 7) is 1.98. The molecule has 29 heavy (non-hydrogen) atoms. The third kappa shape index (κ3) is 2.40. The summed E-state index contributed by atoms with van der Waals surface area (Å²) in [6.07, 6.45) is 5.74. The molecule has 3 aromatic carbocycles. The topological polar surface area (TPSA) is 43.4 Å². The van der Waals surface area contributed by atoms with Gasteiger partial charge in [-0.1, -0.05) is 36.4 Å². The van der Waals surface area contributed by atoms with Gasteiger partial charge in [-0.3, -0.25) is 0 Å². The molecule has 6 rings (SSSR count). The summed E-state index contributed by atoms with van der Waals surface area (Å²) < 4.78 is 11.7. The van der Waals surface area contributed by atoms with Crippen LogP contribution in [0.5, 0.6) is 0 Å². The summed E-state index contributed by atoms with van der Waals surface area (Å²) in [6, 6.07) is 17.0. The van der Waals surface area contributed by atoms with Crippen LogP contribution in [0.2, 0.25) is 0 Å². The molecule has 0 saturated heterocycles. The van der Waals surface area contributed by atoms with Crippen molar-refractivity contribution in [2.45, 2.75) is 32.6 Å². The van der Waals surface area contributed by atoms with Crippen LogP contribution in [-0.4, -0.2) is 0 Å². The van der Waals surface area contributed by atoms with E-state index in [1.165, 1.54) is 10.8 Å². The highest BCUT2D eigenvalue weighted by Gasteiger charge is 2.22. The molecule has 1 aliphatic rings. The van der Waals surface area contributed by atoms with Crippen molar-refractivity contribution >= 4 is 32.7 Å². The maximum absolute atomic E-state index is 12.5. The Morgan fingerprint density at radius 2 is 1.62 bits per heavy atom. The summed E-state index contributed by atoms with van der Waals surface area (Å²) in [4.78, 5) is 12.5. The summed E-state index contributed by atoms with van der Waals surface area (Å²) in [5.74, 6) is 0. The zero-order chi connectivity index (χ0) is 19.5. The third-order valence-corrected chi connectivity index (χ3v) is 6.34. The van der Waals surface area contributed by atoms with Crippen LogP contribution in [0.1, 0.15) is 29.5 Å². The van der Waals surface area contributed by atoms with Gasteiger partial charge in [0, 0.05) is 27.5 Å². The van der Waals surface area contributed by atoms with E-state index in [9.17, 15) is 4.79 Å². The minimum atomic E-state index is -0.184. The molecule has 0 aliphatic heterocycles. The molecule has 0 radical (unpaired) electrons. The van der Waals surface area contributed by atoms with E-state index in [0.717, 1.165) is 69.9 Å². The average Bonchev–Trinajstić information content (AvgIpc) is 3.19.